The number of rotatable bonds is 11. The first-order valence-electron chi connectivity index (χ1n) is 9.73. The Balaban J connectivity index is 1.96. The predicted octanol–water partition coefficient (Wildman–Crippen LogP) is 1.88. The van der Waals surface area contributed by atoms with Crippen molar-refractivity contribution in [2.24, 2.45) is 4.99 Å². The van der Waals surface area contributed by atoms with Gasteiger partial charge in [-0.05, 0) is 30.7 Å². The molecule has 0 aromatic heterocycles. The summed E-state index contributed by atoms with van der Waals surface area (Å²) in [5.41, 5.74) is 1.85. The molecule has 0 heterocycles. The lowest BCUT2D eigenvalue weighted by atomic mass is 10.2. The third-order valence-corrected chi connectivity index (χ3v) is 5.67. The minimum absolute atomic E-state index is 0.214. The van der Waals surface area contributed by atoms with Gasteiger partial charge in [0.1, 0.15) is 5.75 Å². The summed E-state index contributed by atoms with van der Waals surface area (Å²) in [4.78, 5) is 4.44. The smallest absolute Gasteiger partial charge is 0.240 e. The van der Waals surface area contributed by atoms with Crippen molar-refractivity contribution in [1.29, 1.82) is 0 Å². The predicted molar refractivity (Wildman–Crippen MR) is 118 cm³/mol. The first-order valence-corrected chi connectivity index (χ1v) is 11.2. The van der Waals surface area contributed by atoms with E-state index in [9.17, 15) is 8.42 Å². The summed E-state index contributed by atoms with van der Waals surface area (Å²) in [6, 6.07) is 14.6. The molecular formula is C21H30N4O4S. The van der Waals surface area contributed by atoms with Gasteiger partial charge in [0.25, 0.3) is 0 Å². The van der Waals surface area contributed by atoms with Gasteiger partial charge in [-0.1, -0.05) is 30.3 Å². The maximum absolute atomic E-state index is 12.4. The summed E-state index contributed by atoms with van der Waals surface area (Å²) in [6.07, 6.45) is 0. The van der Waals surface area contributed by atoms with Crippen LogP contribution in [0.5, 0.6) is 5.75 Å². The van der Waals surface area contributed by atoms with Gasteiger partial charge < -0.3 is 20.1 Å². The molecule has 0 fully saturated rings. The monoisotopic (exact) mass is 434 g/mol. The summed E-state index contributed by atoms with van der Waals surface area (Å²) in [5, 5.41) is 6.45. The second-order valence-corrected chi connectivity index (χ2v) is 8.12. The van der Waals surface area contributed by atoms with Gasteiger partial charge in [0.05, 0.1) is 18.1 Å². The zero-order valence-corrected chi connectivity index (χ0v) is 18.5. The molecule has 0 amide bonds. The van der Waals surface area contributed by atoms with Crippen molar-refractivity contribution < 1.29 is 17.9 Å². The van der Waals surface area contributed by atoms with Gasteiger partial charge in [-0.25, -0.2) is 13.1 Å². The molecule has 2 aromatic carbocycles. The molecule has 0 aliphatic rings. The van der Waals surface area contributed by atoms with Crippen LogP contribution in [0.1, 0.15) is 18.1 Å². The number of ether oxygens (including phenoxy) is 2. The van der Waals surface area contributed by atoms with E-state index in [1.165, 1.54) is 7.11 Å². The first kappa shape index (κ1) is 23.7. The number of methoxy groups -OCH3 is 1. The molecule has 0 saturated carbocycles. The molecule has 0 bridgehead atoms. The lowest BCUT2D eigenvalue weighted by Crippen LogP contribution is -2.36. The summed E-state index contributed by atoms with van der Waals surface area (Å²) >= 11 is 0. The van der Waals surface area contributed by atoms with E-state index in [-0.39, 0.29) is 11.4 Å². The average molecular weight is 435 g/mol. The van der Waals surface area contributed by atoms with Crippen LogP contribution >= 0.6 is 0 Å². The number of sulfonamides is 1. The van der Waals surface area contributed by atoms with Crippen molar-refractivity contribution in [1.82, 2.24) is 15.4 Å². The normalized spacial score (nSPS) is 11.9. The number of aliphatic imine (C=N–C) groups is 1. The number of para-hydroxylation sites is 1. The summed E-state index contributed by atoms with van der Waals surface area (Å²) < 4.78 is 37.8. The van der Waals surface area contributed by atoms with Crippen LogP contribution in [-0.4, -0.2) is 48.3 Å². The van der Waals surface area contributed by atoms with E-state index in [4.69, 9.17) is 9.47 Å². The minimum atomic E-state index is -3.57. The fourth-order valence-corrected chi connectivity index (χ4v) is 3.80. The molecule has 0 unspecified atom stereocenters. The van der Waals surface area contributed by atoms with E-state index < -0.39 is 10.0 Å². The van der Waals surface area contributed by atoms with Crippen LogP contribution in [0.15, 0.2) is 58.4 Å². The molecule has 2 aromatic rings. The van der Waals surface area contributed by atoms with Gasteiger partial charge in [0, 0.05) is 39.4 Å². The summed E-state index contributed by atoms with van der Waals surface area (Å²) in [7, 11) is -0.364. The topological polar surface area (TPSA) is 101 Å². The number of hydrogen-bond acceptors (Lipinski definition) is 5. The molecule has 0 aliphatic heterocycles. The largest absolute Gasteiger partial charge is 0.494 e. The highest BCUT2D eigenvalue weighted by atomic mass is 32.2. The van der Waals surface area contributed by atoms with Crippen molar-refractivity contribution in [3.05, 3.63) is 59.7 Å². The molecule has 9 heteroatoms. The van der Waals surface area contributed by atoms with Crippen molar-refractivity contribution in [3.63, 3.8) is 0 Å². The van der Waals surface area contributed by atoms with E-state index in [2.05, 4.69) is 20.3 Å². The molecule has 8 nitrogen and oxygen atoms in total. The average Bonchev–Trinajstić information content (AvgIpc) is 2.75. The number of benzene rings is 2. The fourth-order valence-electron chi connectivity index (χ4n) is 2.72. The number of hydrogen-bond donors (Lipinski definition) is 3. The third-order valence-electron chi connectivity index (χ3n) is 4.21. The zero-order chi connectivity index (χ0) is 21.8. The highest BCUT2D eigenvalue weighted by Gasteiger charge is 2.13. The van der Waals surface area contributed by atoms with E-state index in [0.29, 0.717) is 32.3 Å². The van der Waals surface area contributed by atoms with Crippen LogP contribution in [0.4, 0.5) is 0 Å². The summed E-state index contributed by atoms with van der Waals surface area (Å²) in [6.45, 7) is 4.06. The lowest BCUT2D eigenvalue weighted by Gasteiger charge is -2.15. The molecule has 164 valence electrons. The maximum Gasteiger partial charge on any atom is 0.240 e. The lowest BCUT2D eigenvalue weighted by molar-refractivity contribution is 0.204. The highest BCUT2D eigenvalue weighted by molar-refractivity contribution is 7.89. The Kier molecular flexibility index (Phi) is 9.59. The number of guanidine groups is 1. The third kappa shape index (κ3) is 7.33. The van der Waals surface area contributed by atoms with Gasteiger partial charge in [0.2, 0.25) is 10.0 Å². The van der Waals surface area contributed by atoms with E-state index >= 15 is 0 Å². The maximum atomic E-state index is 12.4. The Morgan fingerprint density at radius 3 is 2.57 bits per heavy atom. The van der Waals surface area contributed by atoms with Crippen LogP contribution < -0.4 is 20.1 Å². The van der Waals surface area contributed by atoms with Gasteiger partial charge in [0.15, 0.2) is 5.96 Å². The standard InChI is InChI=1S/C21H30N4O4S/c1-4-29-20-11-6-5-9-18(20)16-24-21(22-2)23-15-17-8-7-10-19(14-17)30(26,27)25-12-13-28-3/h5-11,14,25H,4,12-13,15-16H2,1-3H3,(H2,22,23,24). The van der Waals surface area contributed by atoms with E-state index in [0.717, 1.165) is 16.9 Å². The summed E-state index contributed by atoms with van der Waals surface area (Å²) in [5.74, 6) is 1.44. The van der Waals surface area contributed by atoms with Crippen LogP contribution in [0.2, 0.25) is 0 Å². The van der Waals surface area contributed by atoms with Gasteiger partial charge in [-0.2, -0.15) is 0 Å². The molecule has 0 radical (unpaired) electrons. The van der Waals surface area contributed by atoms with Crippen LogP contribution in [0.3, 0.4) is 0 Å². The SMILES string of the molecule is CCOc1ccccc1CNC(=NC)NCc1cccc(S(=O)(=O)NCCOC)c1. The molecule has 3 N–H and O–H groups in total. The van der Waals surface area contributed by atoms with Crippen molar-refractivity contribution in [2.45, 2.75) is 24.9 Å². The molecule has 0 atom stereocenters. The molecule has 0 aliphatic carbocycles. The first-order chi connectivity index (χ1) is 14.5. The zero-order valence-electron chi connectivity index (χ0n) is 17.6. The quantitative estimate of drug-likeness (QED) is 0.284. The van der Waals surface area contributed by atoms with E-state index in [1.54, 1.807) is 25.2 Å². The van der Waals surface area contributed by atoms with Crippen molar-refractivity contribution >= 4 is 16.0 Å². The Bertz CT molecular complexity index is 932. The molecule has 2 rings (SSSR count). The van der Waals surface area contributed by atoms with Crippen molar-refractivity contribution in [3.8, 4) is 5.75 Å². The Morgan fingerprint density at radius 1 is 1.07 bits per heavy atom. The van der Waals surface area contributed by atoms with Crippen LogP contribution in [0.25, 0.3) is 0 Å². The Hall–Kier alpha value is -2.62. The van der Waals surface area contributed by atoms with Crippen LogP contribution in [-0.2, 0) is 27.8 Å². The van der Waals surface area contributed by atoms with Gasteiger partial charge >= 0.3 is 0 Å². The van der Waals surface area contributed by atoms with Gasteiger partial charge in [-0.15, -0.1) is 0 Å². The van der Waals surface area contributed by atoms with E-state index in [1.807, 2.05) is 37.3 Å². The van der Waals surface area contributed by atoms with Crippen molar-refractivity contribution in [2.75, 3.05) is 33.9 Å². The molecule has 0 spiro atoms. The second-order valence-electron chi connectivity index (χ2n) is 6.36. The second kappa shape index (κ2) is 12.2. The Labute approximate surface area is 178 Å². The fraction of sp³-hybridized carbons (Fsp3) is 0.381. The minimum Gasteiger partial charge on any atom is -0.494 e. The molecular weight excluding hydrogens is 404 g/mol. The highest BCUT2D eigenvalue weighted by Crippen LogP contribution is 2.17. The van der Waals surface area contributed by atoms with Gasteiger partial charge in [-0.3, -0.25) is 4.99 Å². The Morgan fingerprint density at radius 2 is 1.83 bits per heavy atom. The van der Waals surface area contributed by atoms with Crippen LogP contribution in [0, 0.1) is 0 Å². The molecule has 0 saturated heterocycles. The molecule has 30 heavy (non-hydrogen) atoms. The number of nitrogens with one attached hydrogen (secondary N) is 3. The number of nitrogens with zero attached hydrogens (tertiary/aromatic N) is 1.